The highest BCUT2D eigenvalue weighted by atomic mass is 35.5. The average Bonchev–Trinajstić information content (AvgIpc) is 2.10. The Hall–Kier alpha value is -0.930. The van der Waals surface area contributed by atoms with Gasteiger partial charge in [0.15, 0.2) is 0 Å². The lowest BCUT2D eigenvalue weighted by Crippen LogP contribution is -2.04. The van der Waals surface area contributed by atoms with Crippen LogP contribution >= 0.6 is 23.2 Å². The molecule has 1 aromatic rings. The van der Waals surface area contributed by atoms with Gasteiger partial charge in [-0.15, -0.1) is 0 Å². The second-order valence-electron chi connectivity index (χ2n) is 2.57. The number of ether oxygens (including phenoxy) is 1. The van der Waals surface area contributed by atoms with Gasteiger partial charge in [0.1, 0.15) is 5.75 Å². The molecular weight excluding hydrogens is 227 g/mol. The fourth-order valence-corrected chi connectivity index (χ4v) is 1.11. The lowest BCUT2D eigenvalue weighted by atomic mass is 10.3. The summed E-state index contributed by atoms with van der Waals surface area (Å²) in [6.45, 7) is 0.118. The SMILES string of the molecule is O=C(O)CCOc1ccc(Cl)c(Cl)c1. The van der Waals surface area contributed by atoms with Crippen molar-refractivity contribution in [1.29, 1.82) is 0 Å². The van der Waals surface area contributed by atoms with Crippen LogP contribution in [0.5, 0.6) is 5.75 Å². The molecule has 0 aliphatic rings. The Kier molecular flexibility index (Phi) is 4.04. The van der Waals surface area contributed by atoms with E-state index in [1.54, 1.807) is 18.2 Å². The maximum atomic E-state index is 10.2. The van der Waals surface area contributed by atoms with Crippen molar-refractivity contribution in [3.05, 3.63) is 28.2 Å². The van der Waals surface area contributed by atoms with Crippen LogP contribution in [-0.2, 0) is 4.79 Å². The molecule has 0 aliphatic carbocycles. The highest BCUT2D eigenvalue weighted by molar-refractivity contribution is 6.42. The van der Waals surface area contributed by atoms with Gasteiger partial charge < -0.3 is 9.84 Å². The molecule has 0 radical (unpaired) electrons. The molecule has 1 rings (SSSR count). The third-order valence-corrected chi connectivity index (χ3v) is 2.21. The molecule has 0 unspecified atom stereocenters. The lowest BCUT2D eigenvalue weighted by Gasteiger charge is -2.04. The third kappa shape index (κ3) is 3.44. The minimum atomic E-state index is -0.898. The number of aliphatic carboxylic acids is 1. The third-order valence-electron chi connectivity index (χ3n) is 1.48. The van der Waals surface area contributed by atoms with Gasteiger partial charge in [0.2, 0.25) is 0 Å². The van der Waals surface area contributed by atoms with Crippen LogP contribution in [0.4, 0.5) is 0 Å². The molecule has 0 spiro atoms. The molecule has 0 atom stereocenters. The zero-order valence-corrected chi connectivity index (χ0v) is 8.68. The van der Waals surface area contributed by atoms with E-state index in [0.29, 0.717) is 15.8 Å². The van der Waals surface area contributed by atoms with Crippen LogP contribution in [0.25, 0.3) is 0 Å². The summed E-state index contributed by atoms with van der Waals surface area (Å²) in [5.74, 6) is -0.384. The number of hydrogen-bond acceptors (Lipinski definition) is 2. The van der Waals surface area contributed by atoms with Gasteiger partial charge in [-0.05, 0) is 12.1 Å². The van der Waals surface area contributed by atoms with E-state index in [1.165, 1.54) is 0 Å². The summed E-state index contributed by atoms with van der Waals surface area (Å²) in [6.07, 6.45) is -0.0414. The normalized spacial score (nSPS) is 9.86. The maximum Gasteiger partial charge on any atom is 0.306 e. The van der Waals surface area contributed by atoms with Crippen molar-refractivity contribution < 1.29 is 14.6 Å². The first kappa shape index (κ1) is 11.1. The van der Waals surface area contributed by atoms with E-state index in [0.717, 1.165) is 0 Å². The Balaban J connectivity index is 2.51. The molecule has 0 saturated heterocycles. The van der Waals surface area contributed by atoms with Crippen molar-refractivity contribution >= 4 is 29.2 Å². The lowest BCUT2D eigenvalue weighted by molar-refractivity contribution is -0.137. The molecule has 1 aromatic carbocycles. The first-order valence-electron chi connectivity index (χ1n) is 3.89. The Morgan fingerprint density at radius 1 is 1.36 bits per heavy atom. The van der Waals surface area contributed by atoms with Crippen LogP contribution < -0.4 is 4.74 Å². The molecule has 14 heavy (non-hydrogen) atoms. The van der Waals surface area contributed by atoms with E-state index in [1.807, 2.05) is 0 Å². The fraction of sp³-hybridized carbons (Fsp3) is 0.222. The number of carboxylic acids is 1. The topological polar surface area (TPSA) is 46.5 Å². The van der Waals surface area contributed by atoms with Gasteiger partial charge in [-0.1, -0.05) is 23.2 Å². The van der Waals surface area contributed by atoms with Crippen molar-refractivity contribution in [3.8, 4) is 5.75 Å². The molecule has 0 bridgehead atoms. The second kappa shape index (κ2) is 5.08. The monoisotopic (exact) mass is 234 g/mol. The van der Waals surface area contributed by atoms with E-state index < -0.39 is 5.97 Å². The highest BCUT2D eigenvalue weighted by Gasteiger charge is 2.01. The second-order valence-corrected chi connectivity index (χ2v) is 3.38. The summed E-state index contributed by atoms with van der Waals surface area (Å²) in [5, 5.41) is 9.19. The number of benzene rings is 1. The molecule has 0 aliphatic heterocycles. The average molecular weight is 235 g/mol. The van der Waals surface area contributed by atoms with E-state index in [9.17, 15) is 4.79 Å². The van der Waals surface area contributed by atoms with Crippen molar-refractivity contribution in [2.24, 2.45) is 0 Å². The van der Waals surface area contributed by atoms with Crippen molar-refractivity contribution in [1.82, 2.24) is 0 Å². The predicted octanol–water partition coefficient (Wildman–Crippen LogP) is 2.85. The van der Waals surface area contributed by atoms with Gasteiger partial charge in [-0.25, -0.2) is 0 Å². The van der Waals surface area contributed by atoms with Crippen LogP contribution in [0, 0.1) is 0 Å². The molecule has 1 N–H and O–H groups in total. The van der Waals surface area contributed by atoms with Gasteiger partial charge in [0.25, 0.3) is 0 Å². The van der Waals surface area contributed by atoms with Gasteiger partial charge in [0.05, 0.1) is 23.1 Å². The van der Waals surface area contributed by atoms with E-state index >= 15 is 0 Å². The Morgan fingerprint density at radius 3 is 2.64 bits per heavy atom. The largest absolute Gasteiger partial charge is 0.493 e. The quantitative estimate of drug-likeness (QED) is 0.872. The predicted molar refractivity (Wildman–Crippen MR) is 54.2 cm³/mol. The first-order chi connectivity index (χ1) is 6.59. The van der Waals surface area contributed by atoms with Crippen molar-refractivity contribution in [3.63, 3.8) is 0 Å². The molecule has 0 amide bonds. The molecule has 0 fully saturated rings. The van der Waals surface area contributed by atoms with Crippen LogP contribution in [0.15, 0.2) is 18.2 Å². The molecule has 0 saturated carbocycles. The highest BCUT2D eigenvalue weighted by Crippen LogP contribution is 2.26. The van der Waals surface area contributed by atoms with Gasteiger partial charge >= 0.3 is 5.97 Å². The number of rotatable bonds is 4. The number of carbonyl (C=O) groups is 1. The molecule has 0 heterocycles. The zero-order valence-electron chi connectivity index (χ0n) is 7.17. The van der Waals surface area contributed by atoms with E-state index in [4.69, 9.17) is 33.0 Å². The molecule has 3 nitrogen and oxygen atoms in total. The fourth-order valence-electron chi connectivity index (χ4n) is 0.823. The van der Waals surface area contributed by atoms with Gasteiger partial charge in [0, 0.05) is 6.07 Å². The van der Waals surface area contributed by atoms with Crippen molar-refractivity contribution in [2.75, 3.05) is 6.61 Å². The van der Waals surface area contributed by atoms with Crippen LogP contribution in [-0.4, -0.2) is 17.7 Å². The number of halogens is 2. The maximum absolute atomic E-state index is 10.2. The summed E-state index contributed by atoms with van der Waals surface area (Å²) in [7, 11) is 0. The summed E-state index contributed by atoms with van der Waals surface area (Å²) < 4.78 is 5.13. The summed E-state index contributed by atoms with van der Waals surface area (Å²) >= 11 is 11.4. The Bertz CT molecular complexity index is 339. The summed E-state index contributed by atoms with van der Waals surface area (Å²) in [5.41, 5.74) is 0. The minimum absolute atomic E-state index is 0.0414. The van der Waals surface area contributed by atoms with Crippen LogP contribution in [0.3, 0.4) is 0 Å². The van der Waals surface area contributed by atoms with Crippen LogP contribution in [0.2, 0.25) is 10.0 Å². The molecule has 5 heteroatoms. The van der Waals surface area contributed by atoms with Gasteiger partial charge in [-0.3, -0.25) is 4.79 Å². The van der Waals surface area contributed by atoms with Crippen molar-refractivity contribution in [2.45, 2.75) is 6.42 Å². The summed E-state index contributed by atoms with van der Waals surface area (Å²) in [4.78, 5) is 10.2. The molecule has 76 valence electrons. The summed E-state index contributed by atoms with van der Waals surface area (Å²) in [6, 6.07) is 4.78. The molecular formula is C9H8Cl2O3. The van der Waals surface area contributed by atoms with Crippen LogP contribution in [0.1, 0.15) is 6.42 Å². The molecule has 0 aromatic heterocycles. The number of carboxylic acid groups (broad SMARTS) is 1. The Morgan fingerprint density at radius 2 is 2.07 bits per heavy atom. The Labute approximate surface area is 91.2 Å². The smallest absolute Gasteiger partial charge is 0.306 e. The zero-order chi connectivity index (χ0) is 10.6. The minimum Gasteiger partial charge on any atom is -0.493 e. The first-order valence-corrected chi connectivity index (χ1v) is 4.65. The van der Waals surface area contributed by atoms with Gasteiger partial charge in [-0.2, -0.15) is 0 Å². The van der Waals surface area contributed by atoms with E-state index in [2.05, 4.69) is 0 Å². The standard InChI is InChI=1S/C9H8Cl2O3/c10-7-2-1-6(5-8(7)11)14-4-3-9(12)13/h1-2,5H,3-4H2,(H,12,13). The van der Waals surface area contributed by atoms with E-state index in [-0.39, 0.29) is 13.0 Å². The number of hydrogen-bond donors (Lipinski definition) is 1.